The molecule has 0 unspecified atom stereocenters. The van der Waals surface area contributed by atoms with E-state index in [1.54, 1.807) is 0 Å². The van der Waals surface area contributed by atoms with Crippen molar-refractivity contribution >= 4 is 18.2 Å². The molecule has 0 saturated heterocycles. The maximum Gasteiger partial charge on any atom is 0.180 e. The molecule has 1 rings (SSSR count). The summed E-state index contributed by atoms with van der Waals surface area (Å²) in [5, 5.41) is 0. The number of ether oxygens (including phenoxy) is 1. The van der Waals surface area contributed by atoms with Crippen LogP contribution in [0.1, 0.15) is 10.4 Å². The van der Waals surface area contributed by atoms with Gasteiger partial charge in [-0.2, -0.15) is 0 Å². The molecule has 0 aliphatic carbocycles. The Morgan fingerprint density at radius 3 is 2.71 bits per heavy atom. The fourth-order valence-electron chi connectivity index (χ4n) is 1.01. The molecule has 3 nitrogen and oxygen atoms in total. The second-order valence-corrected chi connectivity index (χ2v) is 2.47. The summed E-state index contributed by atoms with van der Waals surface area (Å²) >= 11 is 0. The number of ketones is 1. The summed E-state index contributed by atoms with van der Waals surface area (Å²) in [6.07, 6.45) is 0. The molecule has 0 aliphatic heterocycles. The number of hydrogen-bond donors (Lipinski definition) is 1. The van der Waals surface area contributed by atoms with E-state index in [0.29, 0.717) is 5.75 Å². The van der Waals surface area contributed by atoms with E-state index in [9.17, 15) is 9.18 Å². The first kappa shape index (κ1) is 12.9. The lowest BCUT2D eigenvalue weighted by molar-refractivity contribution is 0.0998. The van der Waals surface area contributed by atoms with Crippen LogP contribution in [0.3, 0.4) is 0 Å². The van der Waals surface area contributed by atoms with E-state index in [1.807, 2.05) is 0 Å². The van der Waals surface area contributed by atoms with Crippen LogP contribution in [0.25, 0.3) is 0 Å². The minimum absolute atomic E-state index is 0. The van der Waals surface area contributed by atoms with Gasteiger partial charge < -0.3 is 10.5 Å². The van der Waals surface area contributed by atoms with Gasteiger partial charge in [-0.1, -0.05) is 0 Å². The SMILES string of the molecule is COc1ccc(F)cc1C(=O)CN.Cl. The van der Waals surface area contributed by atoms with E-state index in [0.717, 1.165) is 6.07 Å². The Bertz CT molecular complexity index is 331. The Morgan fingerprint density at radius 2 is 2.21 bits per heavy atom. The quantitative estimate of drug-likeness (QED) is 0.782. The summed E-state index contributed by atoms with van der Waals surface area (Å²) in [7, 11) is 1.42. The highest BCUT2D eigenvalue weighted by Crippen LogP contribution is 2.19. The van der Waals surface area contributed by atoms with Gasteiger partial charge in [0.25, 0.3) is 0 Å². The topological polar surface area (TPSA) is 52.3 Å². The van der Waals surface area contributed by atoms with Gasteiger partial charge in [0.1, 0.15) is 11.6 Å². The number of carbonyl (C=O) groups is 1. The molecule has 0 aromatic heterocycles. The van der Waals surface area contributed by atoms with Crippen molar-refractivity contribution in [2.24, 2.45) is 5.73 Å². The number of hydrogen-bond acceptors (Lipinski definition) is 3. The van der Waals surface area contributed by atoms with E-state index < -0.39 is 5.82 Å². The van der Waals surface area contributed by atoms with Crippen molar-refractivity contribution in [1.29, 1.82) is 0 Å². The smallest absolute Gasteiger partial charge is 0.180 e. The Labute approximate surface area is 87.5 Å². The first-order valence-corrected chi connectivity index (χ1v) is 3.76. The van der Waals surface area contributed by atoms with Gasteiger partial charge >= 0.3 is 0 Å². The third-order valence-electron chi connectivity index (χ3n) is 1.65. The van der Waals surface area contributed by atoms with E-state index in [1.165, 1.54) is 19.2 Å². The zero-order valence-corrected chi connectivity index (χ0v) is 8.44. The molecule has 0 aliphatic rings. The normalized spacial score (nSPS) is 9.07. The van der Waals surface area contributed by atoms with Crippen molar-refractivity contribution in [1.82, 2.24) is 0 Å². The Kier molecular flexibility index (Phi) is 5.12. The molecule has 0 heterocycles. The summed E-state index contributed by atoms with van der Waals surface area (Å²) < 4.78 is 17.6. The number of carbonyl (C=O) groups excluding carboxylic acids is 1. The van der Waals surface area contributed by atoms with Crippen LogP contribution in [0, 0.1) is 5.82 Å². The highest BCUT2D eigenvalue weighted by atomic mass is 35.5. The average molecular weight is 220 g/mol. The molecule has 2 N–H and O–H groups in total. The summed E-state index contributed by atoms with van der Waals surface area (Å²) in [5.41, 5.74) is 5.34. The van der Waals surface area contributed by atoms with Crippen molar-refractivity contribution in [3.63, 3.8) is 0 Å². The number of nitrogens with two attached hydrogens (primary N) is 1. The summed E-state index contributed by atoms with van der Waals surface area (Å²) in [6.45, 7) is -0.153. The van der Waals surface area contributed by atoms with Gasteiger partial charge in [0.05, 0.1) is 19.2 Å². The van der Waals surface area contributed by atoms with Crippen LogP contribution in [0.4, 0.5) is 4.39 Å². The van der Waals surface area contributed by atoms with E-state index in [2.05, 4.69) is 0 Å². The second-order valence-electron chi connectivity index (χ2n) is 2.47. The molecule has 0 saturated carbocycles. The third kappa shape index (κ3) is 2.68. The fourth-order valence-corrected chi connectivity index (χ4v) is 1.01. The van der Waals surface area contributed by atoms with Gasteiger partial charge in [0, 0.05) is 0 Å². The van der Waals surface area contributed by atoms with E-state index >= 15 is 0 Å². The van der Waals surface area contributed by atoms with Crippen molar-refractivity contribution < 1.29 is 13.9 Å². The largest absolute Gasteiger partial charge is 0.496 e. The van der Waals surface area contributed by atoms with Crippen LogP contribution < -0.4 is 10.5 Å². The molecule has 78 valence electrons. The Morgan fingerprint density at radius 1 is 1.57 bits per heavy atom. The summed E-state index contributed by atoms with van der Waals surface area (Å²) in [6, 6.07) is 3.75. The van der Waals surface area contributed by atoms with Crippen LogP contribution in [0.2, 0.25) is 0 Å². The molecular formula is C9H11ClFNO2. The molecule has 0 bridgehead atoms. The number of methoxy groups -OCH3 is 1. The van der Waals surface area contributed by atoms with Gasteiger partial charge in [-0.05, 0) is 18.2 Å². The van der Waals surface area contributed by atoms with Gasteiger partial charge in [-0.25, -0.2) is 4.39 Å². The van der Waals surface area contributed by atoms with Gasteiger partial charge in [0.2, 0.25) is 0 Å². The van der Waals surface area contributed by atoms with Crippen LogP contribution in [0.5, 0.6) is 5.75 Å². The molecule has 5 heteroatoms. The molecule has 0 radical (unpaired) electrons. The zero-order chi connectivity index (χ0) is 9.84. The van der Waals surface area contributed by atoms with Gasteiger partial charge in [-0.3, -0.25) is 4.79 Å². The van der Waals surface area contributed by atoms with Gasteiger partial charge in [0.15, 0.2) is 5.78 Å². The first-order chi connectivity index (χ1) is 6.19. The van der Waals surface area contributed by atoms with Crippen LogP contribution in [-0.2, 0) is 0 Å². The van der Waals surface area contributed by atoms with Crippen LogP contribution >= 0.6 is 12.4 Å². The first-order valence-electron chi connectivity index (χ1n) is 3.76. The minimum atomic E-state index is -0.474. The minimum Gasteiger partial charge on any atom is -0.496 e. The molecule has 0 amide bonds. The Hall–Kier alpha value is -1.13. The Balaban J connectivity index is 0.00000169. The lowest BCUT2D eigenvalue weighted by Gasteiger charge is -2.05. The van der Waals surface area contributed by atoms with Gasteiger partial charge in [-0.15, -0.1) is 12.4 Å². The average Bonchev–Trinajstić information content (AvgIpc) is 2.16. The lowest BCUT2D eigenvalue weighted by Crippen LogP contribution is -2.14. The molecule has 0 spiro atoms. The van der Waals surface area contributed by atoms with Crippen molar-refractivity contribution in [2.45, 2.75) is 0 Å². The fraction of sp³-hybridized carbons (Fsp3) is 0.222. The number of rotatable bonds is 3. The summed E-state index contributed by atoms with van der Waals surface area (Å²) in [4.78, 5) is 11.2. The van der Waals surface area contributed by atoms with Crippen LogP contribution in [0.15, 0.2) is 18.2 Å². The number of halogens is 2. The number of Topliss-reactive ketones (excluding diaryl/α,β-unsaturated/α-hetero) is 1. The standard InChI is InChI=1S/C9H10FNO2.ClH/c1-13-9-3-2-6(10)4-7(9)8(12)5-11;/h2-4H,5,11H2,1H3;1H. The molecule has 14 heavy (non-hydrogen) atoms. The zero-order valence-electron chi connectivity index (χ0n) is 7.62. The van der Waals surface area contributed by atoms with E-state index in [4.69, 9.17) is 10.5 Å². The van der Waals surface area contributed by atoms with E-state index in [-0.39, 0.29) is 30.3 Å². The highest BCUT2D eigenvalue weighted by Gasteiger charge is 2.10. The monoisotopic (exact) mass is 219 g/mol. The molecule has 0 atom stereocenters. The van der Waals surface area contributed by atoms with Crippen molar-refractivity contribution in [3.8, 4) is 5.75 Å². The van der Waals surface area contributed by atoms with Crippen molar-refractivity contribution in [2.75, 3.05) is 13.7 Å². The molecule has 0 fully saturated rings. The maximum absolute atomic E-state index is 12.7. The molecule has 1 aromatic rings. The molecular weight excluding hydrogens is 209 g/mol. The number of benzene rings is 1. The predicted molar refractivity (Wildman–Crippen MR) is 53.6 cm³/mol. The highest BCUT2D eigenvalue weighted by molar-refractivity contribution is 5.99. The third-order valence-corrected chi connectivity index (χ3v) is 1.65. The van der Waals surface area contributed by atoms with Crippen molar-refractivity contribution in [3.05, 3.63) is 29.6 Å². The van der Waals surface area contributed by atoms with Crippen LogP contribution in [-0.4, -0.2) is 19.4 Å². The second kappa shape index (κ2) is 5.57. The molecule has 1 aromatic carbocycles. The maximum atomic E-state index is 12.7. The predicted octanol–water partition coefficient (Wildman–Crippen LogP) is 1.40. The lowest BCUT2D eigenvalue weighted by atomic mass is 10.1. The summed E-state index contributed by atoms with van der Waals surface area (Å²) in [5.74, 6) is -0.467.